The highest BCUT2D eigenvalue weighted by molar-refractivity contribution is 7.97. The monoisotopic (exact) mass is 370 g/mol. The molecule has 0 saturated carbocycles. The van der Waals surface area contributed by atoms with Gasteiger partial charge in [0, 0.05) is 10.9 Å². The number of methoxy groups -OCH3 is 1. The van der Waals surface area contributed by atoms with Crippen molar-refractivity contribution in [2.24, 2.45) is 0 Å². The van der Waals surface area contributed by atoms with Gasteiger partial charge in [-0.25, -0.2) is 0 Å². The zero-order valence-corrected chi connectivity index (χ0v) is 16.5. The summed E-state index contributed by atoms with van der Waals surface area (Å²) < 4.78 is 8.84. The lowest BCUT2D eigenvalue weighted by Gasteiger charge is -2.32. The number of piperidine rings is 1. The Morgan fingerprint density at radius 1 is 1.00 bits per heavy atom. The lowest BCUT2D eigenvalue weighted by atomic mass is 10.0. The molecular formula is C22H30N2OS. The van der Waals surface area contributed by atoms with Gasteiger partial charge in [0.1, 0.15) is 5.75 Å². The summed E-state index contributed by atoms with van der Waals surface area (Å²) in [5.74, 6) is 0.912. The minimum absolute atomic E-state index is 0.614. The Morgan fingerprint density at radius 3 is 2.42 bits per heavy atom. The highest BCUT2D eigenvalue weighted by Crippen LogP contribution is 2.21. The van der Waals surface area contributed by atoms with Gasteiger partial charge >= 0.3 is 0 Å². The zero-order chi connectivity index (χ0) is 18.0. The third kappa shape index (κ3) is 6.35. The number of unbranched alkanes of at least 4 members (excludes halogenated alkanes) is 1. The van der Waals surface area contributed by atoms with Crippen LogP contribution in [0.15, 0.2) is 59.5 Å². The quantitative estimate of drug-likeness (QED) is 0.507. The minimum atomic E-state index is 0.614. The van der Waals surface area contributed by atoms with E-state index in [4.69, 9.17) is 4.74 Å². The lowest BCUT2D eigenvalue weighted by molar-refractivity contribution is 0.205. The van der Waals surface area contributed by atoms with Gasteiger partial charge in [0.15, 0.2) is 0 Å². The molecule has 0 amide bonds. The van der Waals surface area contributed by atoms with Crippen molar-refractivity contribution in [1.29, 1.82) is 0 Å². The number of hydrogen-bond donors (Lipinski definition) is 1. The number of nitrogens with one attached hydrogen (secondary N) is 1. The molecule has 1 N–H and O–H groups in total. The first-order valence-electron chi connectivity index (χ1n) is 9.66. The number of likely N-dealkylation sites (tertiary alicyclic amines) is 1. The third-order valence-corrected chi connectivity index (χ3v) is 5.98. The fraction of sp³-hybridized carbons (Fsp3) is 0.455. The van der Waals surface area contributed by atoms with Gasteiger partial charge in [-0.2, -0.15) is 0 Å². The number of hydrogen-bond acceptors (Lipinski definition) is 4. The first-order chi connectivity index (χ1) is 12.8. The molecule has 3 nitrogen and oxygen atoms in total. The Balaban J connectivity index is 1.27. The molecule has 1 heterocycles. The van der Waals surface area contributed by atoms with E-state index in [2.05, 4.69) is 52.1 Å². The van der Waals surface area contributed by atoms with Crippen molar-refractivity contribution in [3.63, 3.8) is 0 Å². The summed E-state index contributed by atoms with van der Waals surface area (Å²) in [4.78, 5) is 3.87. The number of rotatable bonds is 9. The molecule has 0 aromatic heterocycles. The molecule has 1 fully saturated rings. The van der Waals surface area contributed by atoms with Crippen molar-refractivity contribution < 1.29 is 4.74 Å². The molecule has 140 valence electrons. The molecule has 0 atom stereocenters. The summed E-state index contributed by atoms with van der Waals surface area (Å²) in [5, 5.41) is 0. The van der Waals surface area contributed by atoms with Crippen LogP contribution in [0.4, 0.5) is 0 Å². The summed E-state index contributed by atoms with van der Waals surface area (Å²) >= 11 is 1.74. The molecule has 26 heavy (non-hydrogen) atoms. The van der Waals surface area contributed by atoms with Crippen LogP contribution in [0.1, 0.15) is 31.2 Å². The summed E-state index contributed by atoms with van der Waals surface area (Å²) in [6.45, 7) is 3.67. The maximum absolute atomic E-state index is 5.21. The maximum atomic E-state index is 5.21. The van der Waals surface area contributed by atoms with Gasteiger partial charge in [-0.05, 0) is 93.5 Å². The molecule has 1 aliphatic rings. The van der Waals surface area contributed by atoms with Gasteiger partial charge in [0.2, 0.25) is 0 Å². The van der Waals surface area contributed by atoms with Crippen LogP contribution in [0.5, 0.6) is 5.75 Å². The molecule has 2 aromatic carbocycles. The van der Waals surface area contributed by atoms with E-state index < -0.39 is 0 Å². The van der Waals surface area contributed by atoms with Gasteiger partial charge < -0.3 is 9.64 Å². The van der Waals surface area contributed by atoms with Crippen LogP contribution >= 0.6 is 11.9 Å². The zero-order valence-electron chi connectivity index (χ0n) is 15.7. The smallest absolute Gasteiger partial charge is 0.118 e. The van der Waals surface area contributed by atoms with E-state index in [1.165, 1.54) is 62.2 Å². The van der Waals surface area contributed by atoms with Crippen LogP contribution in [0, 0.1) is 0 Å². The second-order valence-electron chi connectivity index (χ2n) is 6.95. The van der Waals surface area contributed by atoms with Crippen molar-refractivity contribution in [2.75, 3.05) is 26.7 Å². The van der Waals surface area contributed by atoms with Crippen molar-refractivity contribution in [3.8, 4) is 5.75 Å². The Bertz CT molecular complexity index is 624. The molecule has 2 aromatic rings. The summed E-state index contributed by atoms with van der Waals surface area (Å²) in [6, 6.07) is 19.7. The average Bonchev–Trinajstić information content (AvgIpc) is 2.72. The molecule has 1 aliphatic heterocycles. The Hall–Kier alpha value is -1.49. The minimum Gasteiger partial charge on any atom is -0.497 e. The SMILES string of the molecule is COc1ccc(SNC2CCN(CCCCc3ccccc3)CC2)cc1. The predicted molar refractivity (Wildman–Crippen MR) is 111 cm³/mol. The largest absolute Gasteiger partial charge is 0.497 e. The summed E-state index contributed by atoms with van der Waals surface area (Å²) in [6.07, 6.45) is 6.27. The van der Waals surface area contributed by atoms with Crippen molar-refractivity contribution in [3.05, 3.63) is 60.2 Å². The number of ether oxygens (including phenoxy) is 1. The standard InChI is InChI=1S/C22H30N2OS/c1-25-21-10-12-22(13-11-21)26-23-20-14-17-24(18-15-20)16-6-5-9-19-7-3-2-4-8-19/h2-4,7-8,10-13,20,23H,5-6,9,14-18H2,1H3. The molecule has 0 bridgehead atoms. The molecule has 0 radical (unpaired) electrons. The van der Waals surface area contributed by atoms with Crippen molar-refractivity contribution >= 4 is 11.9 Å². The van der Waals surface area contributed by atoms with Crippen molar-refractivity contribution in [1.82, 2.24) is 9.62 Å². The van der Waals surface area contributed by atoms with E-state index in [-0.39, 0.29) is 0 Å². The molecule has 3 rings (SSSR count). The van der Waals surface area contributed by atoms with Gasteiger partial charge in [-0.1, -0.05) is 30.3 Å². The van der Waals surface area contributed by atoms with Crippen LogP contribution in [0.2, 0.25) is 0 Å². The average molecular weight is 371 g/mol. The number of benzene rings is 2. The van der Waals surface area contributed by atoms with Gasteiger partial charge in [-0.3, -0.25) is 4.72 Å². The molecule has 0 aliphatic carbocycles. The molecule has 0 spiro atoms. The van der Waals surface area contributed by atoms with Gasteiger partial charge in [0.05, 0.1) is 7.11 Å². The second kappa shape index (κ2) is 10.6. The van der Waals surface area contributed by atoms with Crippen LogP contribution < -0.4 is 9.46 Å². The molecule has 4 heteroatoms. The van der Waals surface area contributed by atoms with Crippen molar-refractivity contribution in [2.45, 2.75) is 43.0 Å². The fourth-order valence-corrected chi connectivity index (χ4v) is 4.19. The fourth-order valence-electron chi connectivity index (χ4n) is 3.38. The van der Waals surface area contributed by atoms with E-state index >= 15 is 0 Å². The van der Waals surface area contributed by atoms with Gasteiger partial charge in [0.25, 0.3) is 0 Å². The number of nitrogens with zero attached hydrogens (tertiary/aromatic N) is 1. The van der Waals surface area contributed by atoms with Gasteiger partial charge in [-0.15, -0.1) is 0 Å². The second-order valence-corrected chi connectivity index (χ2v) is 7.87. The van der Waals surface area contributed by atoms with Crippen LogP contribution in [0.3, 0.4) is 0 Å². The first kappa shape index (κ1) is 19.3. The van der Waals surface area contributed by atoms with E-state index in [1.807, 2.05) is 12.1 Å². The van der Waals surface area contributed by atoms with E-state index in [9.17, 15) is 0 Å². The van der Waals surface area contributed by atoms with Crippen LogP contribution in [-0.2, 0) is 6.42 Å². The molecular weight excluding hydrogens is 340 g/mol. The highest BCUT2D eigenvalue weighted by Gasteiger charge is 2.18. The molecule has 1 saturated heterocycles. The Labute approximate surface area is 162 Å². The van der Waals surface area contributed by atoms with E-state index in [1.54, 1.807) is 19.1 Å². The predicted octanol–water partition coefficient (Wildman–Crippen LogP) is 4.78. The molecule has 0 unspecified atom stereocenters. The summed E-state index contributed by atoms with van der Waals surface area (Å²) in [7, 11) is 1.70. The Morgan fingerprint density at radius 2 is 1.73 bits per heavy atom. The number of aryl methyl sites for hydroxylation is 1. The lowest BCUT2D eigenvalue weighted by Crippen LogP contribution is -2.40. The van der Waals surface area contributed by atoms with Crippen LogP contribution in [-0.4, -0.2) is 37.7 Å². The van der Waals surface area contributed by atoms with Crippen LogP contribution in [0.25, 0.3) is 0 Å². The maximum Gasteiger partial charge on any atom is 0.118 e. The topological polar surface area (TPSA) is 24.5 Å². The van der Waals surface area contributed by atoms with E-state index in [0.717, 1.165) is 5.75 Å². The third-order valence-electron chi connectivity index (χ3n) is 5.02. The van der Waals surface area contributed by atoms with E-state index in [0.29, 0.717) is 6.04 Å². The summed E-state index contributed by atoms with van der Waals surface area (Å²) in [5.41, 5.74) is 1.46. The Kier molecular flexibility index (Phi) is 7.87. The first-order valence-corrected chi connectivity index (χ1v) is 10.5. The normalized spacial score (nSPS) is 15.9. The highest BCUT2D eigenvalue weighted by atomic mass is 32.2.